The van der Waals surface area contributed by atoms with Crippen molar-refractivity contribution in [3.63, 3.8) is 0 Å². The Labute approximate surface area is 87.5 Å². The summed E-state index contributed by atoms with van der Waals surface area (Å²) in [5.41, 5.74) is 0. The van der Waals surface area contributed by atoms with E-state index >= 15 is 0 Å². The Morgan fingerprint density at radius 3 is 2.79 bits per heavy atom. The van der Waals surface area contributed by atoms with Gasteiger partial charge in [0.1, 0.15) is 0 Å². The maximum absolute atomic E-state index is 5.37. The third-order valence-corrected chi connectivity index (χ3v) is 2.01. The Kier molecular flexibility index (Phi) is 10.4. The van der Waals surface area contributed by atoms with Crippen molar-refractivity contribution < 1.29 is 9.47 Å². The predicted octanol–water partition coefficient (Wildman–Crippen LogP) is 1.59. The van der Waals surface area contributed by atoms with Crippen molar-refractivity contribution in [1.29, 1.82) is 0 Å². The highest BCUT2D eigenvalue weighted by atomic mass is 16.5. The fraction of sp³-hybridized carbons (Fsp3) is 0.818. The first-order chi connectivity index (χ1) is 6.85. The van der Waals surface area contributed by atoms with Crippen molar-refractivity contribution in [1.82, 2.24) is 5.32 Å². The number of hydrogen-bond acceptors (Lipinski definition) is 3. The second-order valence-electron chi connectivity index (χ2n) is 3.20. The van der Waals surface area contributed by atoms with Gasteiger partial charge in [-0.3, -0.25) is 0 Å². The molecule has 1 unspecified atom stereocenters. The number of nitrogens with one attached hydrogen (secondary N) is 1. The standard InChI is InChI=1S/C11H23NO2/c1-4-6-8-14-9-7-12-11(5-2)10-13-3/h4,11-12H,1,5-10H2,2-3H3. The van der Waals surface area contributed by atoms with Crippen molar-refractivity contribution >= 4 is 0 Å². The largest absolute Gasteiger partial charge is 0.383 e. The molecule has 0 heterocycles. The number of ether oxygens (including phenoxy) is 2. The highest BCUT2D eigenvalue weighted by molar-refractivity contribution is 4.65. The first-order valence-corrected chi connectivity index (χ1v) is 5.26. The van der Waals surface area contributed by atoms with Gasteiger partial charge in [-0.15, -0.1) is 6.58 Å². The molecule has 3 heteroatoms. The third kappa shape index (κ3) is 8.23. The third-order valence-electron chi connectivity index (χ3n) is 2.01. The van der Waals surface area contributed by atoms with Crippen molar-refractivity contribution in [3.05, 3.63) is 12.7 Å². The molecule has 0 aromatic rings. The molecule has 1 atom stereocenters. The Hall–Kier alpha value is -0.380. The van der Waals surface area contributed by atoms with Crippen LogP contribution in [0.4, 0.5) is 0 Å². The minimum absolute atomic E-state index is 0.447. The number of methoxy groups -OCH3 is 1. The fourth-order valence-corrected chi connectivity index (χ4v) is 1.13. The summed E-state index contributed by atoms with van der Waals surface area (Å²) in [4.78, 5) is 0. The maximum Gasteiger partial charge on any atom is 0.0615 e. The fourth-order valence-electron chi connectivity index (χ4n) is 1.13. The monoisotopic (exact) mass is 201 g/mol. The van der Waals surface area contributed by atoms with Crippen LogP contribution in [0, 0.1) is 0 Å². The lowest BCUT2D eigenvalue weighted by Crippen LogP contribution is -2.34. The van der Waals surface area contributed by atoms with E-state index in [1.54, 1.807) is 7.11 Å². The van der Waals surface area contributed by atoms with Crippen LogP contribution in [0.2, 0.25) is 0 Å². The average molecular weight is 201 g/mol. The van der Waals surface area contributed by atoms with Gasteiger partial charge in [-0.25, -0.2) is 0 Å². The highest BCUT2D eigenvalue weighted by Crippen LogP contribution is 1.90. The molecule has 0 aliphatic carbocycles. The minimum atomic E-state index is 0.447. The van der Waals surface area contributed by atoms with E-state index in [9.17, 15) is 0 Å². The molecule has 0 aliphatic rings. The molecular formula is C11H23NO2. The summed E-state index contributed by atoms with van der Waals surface area (Å²) >= 11 is 0. The summed E-state index contributed by atoms with van der Waals surface area (Å²) in [5, 5.41) is 3.37. The number of rotatable bonds is 10. The Balaban J connectivity index is 3.19. The van der Waals surface area contributed by atoms with Gasteiger partial charge in [-0.2, -0.15) is 0 Å². The Morgan fingerprint density at radius 1 is 1.43 bits per heavy atom. The molecule has 0 fully saturated rings. The minimum Gasteiger partial charge on any atom is -0.383 e. The summed E-state index contributed by atoms with van der Waals surface area (Å²) in [6, 6.07) is 0.447. The van der Waals surface area contributed by atoms with Gasteiger partial charge in [0.15, 0.2) is 0 Å². The Bertz CT molecular complexity index is 128. The van der Waals surface area contributed by atoms with Gasteiger partial charge in [-0.1, -0.05) is 13.0 Å². The summed E-state index contributed by atoms with van der Waals surface area (Å²) in [5.74, 6) is 0. The maximum atomic E-state index is 5.37. The first-order valence-electron chi connectivity index (χ1n) is 5.26. The quantitative estimate of drug-likeness (QED) is 0.430. The summed E-state index contributed by atoms with van der Waals surface area (Å²) in [6.07, 6.45) is 3.88. The van der Waals surface area contributed by atoms with Crippen LogP contribution in [-0.4, -0.2) is 39.5 Å². The van der Waals surface area contributed by atoms with Crippen molar-refractivity contribution in [2.24, 2.45) is 0 Å². The number of hydrogen-bond donors (Lipinski definition) is 1. The van der Waals surface area contributed by atoms with Gasteiger partial charge in [0, 0.05) is 19.7 Å². The van der Waals surface area contributed by atoms with Crippen molar-refractivity contribution in [3.8, 4) is 0 Å². The molecule has 3 nitrogen and oxygen atoms in total. The van der Waals surface area contributed by atoms with Crippen LogP contribution in [0.3, 0.4) is 0 Å². The topological polar surface area (TPSA) is 30.5 Å². The lowest BCUT2D eigenvalue weighted by atomic mass is 10.2. The van der Waals surface area contributed by atoms with E-state index in [0.717, 1.165) is 39.2 Å². The van der Waals surface area contributed by atoms with Gasteiger partial charge in [0.2, 0.25) is 0 Å². The molecule has 0 aromatic carbocycles. The molecule has 0 aromatic heterocycles. The van der Waals surface area contributed by atoms with Gasteiger partial charge >= 0.3 is 0 Å². The molecule has 0 aliphatic heterocycles. The van der Waals surface area contributed by atoms with E-state index in [-0.39, 0.29) is 0 Å². The van der Waals surface area contributed by atoms with Crippen molar-refractivity contribution in [2.75, 3.05) is 33.5 Å². The van der Waals surface area contributed by atoms with Gasteiger partial charge < -0.3 is 14.8 Å². The van der Waals surface area contributed by atoms with Crippen molar-refractivity contribution in [2.45, 2.75) is 25.8 Å². The van der Waals surface area contributed by atoms with E-state index in [4.69, 9.17) is 9.47 Å². The molecule has 0 amide bonds. The van der Waals surface area contributed by atoms with Crippen LogP contribution in [0.5, 0.6) is 0 Å². The summed E-state index contributed by atoms with van der Waals surface area (Å²) in [6.45, 7) is 8.96. The average Bonchev–Trinajstić information content (AvgIpc) is 2.21. The molecule has 0 saturated heterocycles. The van der Waals surface area contributed by atoms with E-state index in [1.165, 1.54) is 0 Å². The van der Waals surface area contributed by atoms with E-state index in [1.807, 2.05) is 6.08 Å². The molecule has 14 heavy (non-hydrogen) atoms. The van der Waals surface area contributed by atoms with Crippen LogP contribution >= 0.6 is 0 Å². The van der Waals surface area contributed by atoms with Crippen LogP contribution in [0.15, 0.2) is 12.7 Å². The molecule has 0 bridgehead atoms. The lowest BCUT2D eigenvalue weighted by molar-refractivity contribution is 0.126. The van der Waals surface area contributed by atoms with E-state index < -0.39 is 0 Å². The molecule has 0 saturated carbocycles. The first kappa shape index (κ1) is 13.6. The van der Waals surface area contributed by atoms with Crippen LogP contribution in [-0.2, 0) is 9.47 Å². The molecule has 84 valence electrons. The highest BCUT2D eigenvalue weighted by Gasteiger charge is 2.02. The van der Waals surface area contributed by atoms with E-state index in [0.29, 0.717) is 6.04 Å². The molecule has 0 rings (SSSR count). The normalized spacial score (nSPS) is 12.7. The lowest BCUT2D eigenvalue weighted by Gasteiger charge is -2.15. The zero-order chi connectivity index (χ0) is 10.6. The second kappa shape index (κ2) is 10.7. The molecule has 0 spiro atoms. The SMILES string of the molecule is C=CCCOCCNC(CC)COC. The summed E-state index contributed by atoms with van der Waals surface area (Å²) in [7, 11) is 1.73. The second-order valence-corrected chi connectivity index (χ2v) is 3.20. The van der Waals surface area contributed by atoms with Crippen LogP contribution < -0.4 is 5.32 Å². The molecule has 0 radical (unpaired) electrons. The van der Waals surface area contributed by atoms with Gasteiger partial charge in [-0.05, 0) is 12.8 Å². The zero-order valence-corrected chi connectivity index (χ0v) is 9.42. The Morgan fingerprint density at radius 2 is 2.21 bits per heavy atom. The molecule has 1 N–H and O–H groups in total. The summed E-state index contributed by atoms with van der Waals surface area (Å²) < 4.78 is 10.4. The molecular weight excluding hydrogens is 178 g/mol. The predicted molar refractivity (Wildman–Crippen MR) is 59.6 cm³/mol. The van der Waals surface area contributed by atoms with Gasteiger partial charge in [0.25, 0.3) is 0 Å². The van der Waals surface area contributed by atoms with Crippen LogP contribution in [0.25, 0.3) is 0 Å². The van der Waals surface area contributed by atoms with Crippen LogP contribution in [0.1, 0.15) is 19.8 Å². The smallest absolute Gasteiger partial charge is 0.0615 e. The zero-order valence-electron chi connectivity index (χ0n) is 9.42. The van der Waals surface area contributed by atoms with E-state index in [2.05, 4.69) is 18.8 Å². The van der Waals surface area contributed by atoms with Gasteiger partial charge in [0.05, 0.1) is 19.8 Å².